The topological polar surface area (TPSA) is 136 Å². The predicted molar refractivity (Wildman–Crippen MR) is 119 cm³/mol. The highest BCUT2D eigenvalue weighted by Gasteiger charge is 2.17. The summed E-state index contributed by atoms with van der Waals surface area (Å²) in [5.74, 6) is -0.0965. The third-order valence-electron chi connectivity index (χ3n) is 4.66. The average Bonchev–Trinajstić information content (AvgIpc) is 3.21. The molecule has 1 aromatic carbocycles. The fourth-order valence-electron chi connectivity index (χ4n) is 3.16. The van der Waals surface area contributed by atoms with Crippen molar-refractivity contribution in [1.82, 2.24) is 14.8 Å². The number of ketones is 1. The average molecular weight is 466 g/mol. The van der Waals surface area contributed by atoms with Gasteiger partial charge in [0.1, 0.15) is 4.66 Å². The van der Waals surface area contributed by atoms with Crippen LogP contribution < -0.4 is 35.1 Å². The summed E-state index contributed by atoms with van der Waals surface area (Å²) >= 11 is 1.19. The molecule has 33 heavy (non-hydrogen) atoms. The molecule has 0 aromatic heterocycles. The number of rotatable bonds is 4. The van der Waals surface area contributed by atoms with Crippen LogP contribution in [0.1, 0.15) is 12.5 Å². The van der Waals surface area contributed by atoms with Gasteiger partial charge in [0.05, 0.1) is 19.4 Å². The van der Waals surface area contributed by atoms with Gasteiger partial charge in [-0.3, -0.25) is 24.9 Å². The first-order valence-corrected chi connectivity index (χ1v) is 10.4. The van der Waals surface area contributed by atoms with Crippen LogP contribution in [0.4, 0.5) is 0 Å². The minimum atomic E-state index is -0.585. The van der Waals surface area contributed by atoms with Crippen molar-refractivity contribution in [2.45, 2.75) is 6.92 Å². The summed E-state index contributed by atoms with van der Waals surface area (Å²) in [5, 5.41) is 11.9. The third kappa shape index (κ3) is 4.26. The molecule has 0 unspecified atom stereocenters. The molecule has 0 amide bonds. The molecular formula is C22H18N4O6S. The Balaban J connectivity index is 1.92. The molecule has 4 rings (SSSR count). The lowest BCUT2D eigenvalue weighted by atomic mass is 10.1. The number of fused-ring (bicyclic) bond motifs is 1. The first-order valence-electron chi connectivity index (χ1n) is 9.58. The highest BCUT2D eigenvalue weighted by molar-refractivity contribution is 7.11. The molecule has 0 bridgehead atoms. The van der Waals surface area contributed by atoms with Crippen LogP contribution in [0.2, 0.25) is 0 Å². The Bertz CT molecular complexity index is 1510. The molecule has 3 aliphatic rings. The highest BCUT2D eigenvalue weighted by atomic mass is 32.1. The minimum absolute atomic E-state index is 0.0346. The number of nitrogens with zero attached hydrogens (tertiary/aromatic N) is 2. The summed E-state index contributed by atoms with van der Waals surface area (Å²) in [6, 6.07) is 3.11. The van der Waals surface area contributed by atoms with E-state index in [2.05, 4.69) is 10.1 Å². The van der Waals surface area contributed by atoms with E-state index < -0.39 is 11.5 Å². The van der Waals surface area contributed by atoms with Crippen molar-refractivity contribution < 1.29 is 23.8 Å². The largest absolute Gasteiger partial charge is 0.493 e. The van der Waals surface area contributed by atoms with Crippen LogP contribution in [-0.2, 0) is 9.59 Å². The Morgan fingerprint density at radius 1 is 1.12 bits per heavy atom. The van der Waals surface area contributed by atoms with Crippen molar-refractivity contribution >= 4 is 34.7 Å². The van der Waals surface area contributed by atoms with Gasteiger partial charge < -0.3 is 14.2 Å². The number of hydrogen-bond acceptors (Lipinski definition) is 9. The number of carbonyl (C=O) groups excluding carboxylic acids is 2. The fourth-order valence-corrected chi connectivity index (χ4v) is 4.09. The van der Waals surface area contributed by atoms with Crippen molar-refractivity contribution in [3.05, 3.63) is 67.7 Å². The first-order chi connectivity index (χ1) is 15.8. The first kappa shape index (κ1) is 22.0. The molecule has 0 spiro atoms. The third-order valence-corrected chi connectivity index (χ3v) is 5.65. The molecular weight excluding hydrogens is 448 g/mol. The maximum absolute atomic E-state index is 12.7. The van der Waals surface area contributed by atoms with E-state index in [9.17, 15) is 14.4 Å². The predicted octanol–water partition coefficient (Wildman–Crippen LogP) is 0.156. The number of H-pyrrole nitrogens is 1. The van der Waals surface area contributed by atoms with Crippen LogP contribution in [0.25, 0.3) is 16.8 Å². The molecule has 0 saturated carbocycles. The van der Waals surface area contributed by atoms with Crippen molar-refractivity contribution in [3.63, 3.8) is 0 Å². The Kier molecular flexibility index (Phi) is 5.80. The summed E-state index contributed by atoms with van der Waals surface area (Å²) in [6.45, 7) is 1.26. The molecule has 0 radical (unpaired) electrons. The SMILES string of the molecule is COc1cc(/C=c2/c(=O)nc3sc(=C4C=CC(=O)C=C4)[nH]n-3c2=N)cc(OC)c1OC(C)=O. The van der Waals surface area contributed by atoms with Gasteiger partial charge in [0.25, 0.3) is 5.56 Å². The van der Waals surface area contributed by atoms with E-state index >= 15 is 0 Å². The van der Waals surface area contributed by atoms with Crippen LogP contribution >= 0.6 is 11.3 Å². The number of allylic oxidation sites excluding steroid dienone is 4. The van der Waals surface area contributed by atoms with Gasteiger partial charge in [-0.15, -0.1) is 0 Å². The number of benzene rings is 1. The van der Waals surface area contributed by atoms with Crippen LogP contribution in [-0.4, -0.2) is 40.7 Å². The van der Waals surface area contributed by atoms with Crippen LogP contribution in [0, 0.1) is 5.41 Å². The van der Waals surface area contributed by atoms with Crippen LogP contribution in [0.5, 0.6) is 17.2 Å². The molecule has 1 aliphatic carbocycles. The molecule has 2 N–H and O–H groups in total. The van der Waals surface area contributed by atoms with Gasteiger partial charge in [0.15, 0.2) is 22.8 Å². The molecule has 1 aromatic rings. The van der Waals surface area contributed by atoms with Crippen molar-refractivity contribution in [1.29, 1.82) is 5.41 Å². The second-order valence-electron chi connectivity index (χ2n) is 6.86. The second kappa shape index (κ2) is 8.71. The molecule has 168 valence electrons. The zero-order valence-corrected chi connectivity index (χ0v) is 18.6. The number of hydrogen-bond donors (Lipinski definition) is 2. The van der Waals surface area contributed by atoms with Gasteiger partial charge in [-0.05, 0) is 48.1 Å². The van der Waals surface area contributed by atoms with Crippen LogP contribution in [0.15, 0.2) is 41.2 Å². The van der Waals surface area contributed by atoms with Crippen molar-refractivity contribution in [2.75, 3.05) is 14.2 Å². The van der Waals surface area contributed by atoms with E-state index in [4.69, 9.17) is 19.6 Å². The van der Waals surface area contributed by atoms with Gasteiger partial charge in [-0.25, -0.2) is 4.68 Å². The zero-order chi connectivity index (χ0) is 23.7. The molecule has 10 nitrogen and oxygen atoms in total. The van der Waals surface area contributed by atoms with Gasteiger partial charge in [0.2, 0.25) is 10.9 Å². The minimum Gasteiger partial charge on any atom is -0.493 e. The smallest absolute Gasteiger partial charge is 0.308 e. The molecule has 0 atom stereocenters. The summed E-state index contributed by atoms with van der Waals surface area (Å²) in [5.41, 5.74) is 0.528. The van der Waals surface area contributed by atoms with E-state index in [0.717, 1.165) is 5.57 Å². The Labute approximate surface area is 190 Å². The number of aromatic amines is 1. The van der Waals surface area contributed by atoms with Crippen molar-refractivity contribution in [2.24, 2.45) is 0 Å². The number of nitrogens with one attached hydrogen (secondary N) is 2. The summed E-state index contributed by atoms with van der Waals surface area (Å²) in [4.78, 5) is 39.6. The number of aromatic nitrogens is 3. The number of esters is 1. The van der Waals surface area contributed by atoms with E-state index in [1.165, 1.54) is 55.4 Å². The highest BCUT2D eigenvalue weighted by Crippen LogP contribution is 2.38. The van der Waals surface area contributed by atoms with E-state index in [1.807, 2.05) is 0 Å². The zero-order valence-electron chi connectivity index (χ0n) is 17.8. The molecule has 0 saturated heterocycles. The monoisotopic (exact) mass is 466 g/mol. The maximum atomic E-state index is 12.7. The summed E-state index contributed by atoms with van der Waals surface area (Å²) in [6.07, 6.45) is 7.66. The molecule has 0 fully saturated rings. The Morgan fingerprint density at radius 3 is 2.33 bits per heavy atom. The second-order valence-corrected chi connectivity index (χ2v) is 7.83. The van der Waals surface area contributed by atoms with Crippen LogP contribution in [0.3, 0.4) is 0 Å². The Hall–Kier alpha value is -4.25. The lowest BCUT2D eigenvalue weighted by Gasteiger charge is -2.13. The van der Waals surface area contributed by atoms with E-state index in [1.54, 1.807) is 24.3 Å². The number of carbonyl (C=O) groups is 2. The normalized spacial score (nSPS) is 13.6. The maximum Gasteiger partial charge on any atom is 0.308 e. The van der Waals surface area contributed by atoms with Gasteiger partial charge in [0, 0.05) is 12.5 Å². The van der Waals surface area contributed by atoms with E-state index in [-0.39, 0.29) is 33.7 Å². The molecule has 2 heterocycles. The number of methoxy groups -OCH3 is 2. The molecule has 11 heteroatoms. The lowest BCUT2D eigenvalue weighted by Crippen LogP contribution is -2.47. The standard InChI is InChI=1S/C22H18N4O6S/c1-11(27)32-18-16(30-2)9-12(10-17(18)31-3)8-15-19(23)26-22(24-20(15)29)33-21(25-26)13-4-6-14(28)7-5-13/h4-10,23,25H,1-3H3/b15-8+,23-19?. The van der Waals surface area contributed by atoms with Gasteiger partial charge in [-0.2, -0.15) is 4.98 Å². The van der Waals surface area contributed by atoms with Crippen molar-refractivity contribution in [3.8, 4) is 22.4 Å². The van der Waals surface area contributed by atoms with E-state index in [0.29, 0.717) is 15.4 Å². The summed E-state index contributed by atoms with van der Waals surface area (Å²) < 4.78 is 17.8. The fraction of sp³-hybridized carbons (Fsp3) is 0.136. The van der Waals surface area contributed by atoms with Gasteiger partial charge in [-0.1, -0.05) is 11.3 Å². The molecule has 2 aliphatic heterocycles. The lowest BCUT2D eigenvalue weighted by molar-refractivity contribution is -0.132. The summed E-state index contributed by atoms with van der Waals surface area (Å²) in [7, 11) is 2.82. The van der Waals surface area contributed by atoms with Gasteiger partial charge >= 0.3 is 5.97 Å². The quantitative estimate of drug-likeness (QED) is 0.413. The Morgan fingerprint density at radius 2 is 1.76 bits per heavy atom. The number of ether oxygens (including phenoxy) is 3.